The van der Waals surface area contributed by atoms with E-state index in [2.05, 4.69) is 36.3 Å². The second-order valence-corrected chi connectivity index (χ2v) is 7.58. The number of para-hydroxylation sites is 1. The Morgan fingerprint density at radius 2 is 1.74 bits per heavy atom. The zero-order chi connectivity index (χ0) is 23.5. The van der Waals surface area contributed by atoms with Crippen molar-refractivity contribution in [2.45, 2.75) is 6.17 Å². The Morgan fingerprint density at radius 1 is 0.971 bits per heavy atom. The maximum Gasteiger partial charge on any atom is 0.321 e. The number of hydrogen-bond acceptors (Lipinski definition) is 6. The van der Waals surface area contributed by atoms with E-state index in [-0.39, 0.29) is 5.91 Å². The van der Waals surface area contributed by atoms with E-state index in [1.807, 2.05) is 54.6 Å². The van der Waals surface area contributed by atoms with Crippen LogP contribution in [-0.2, 0) is 4.79 Å². The number of benzene rings is 3. The molecule has 0 fully saturated rings. The summed E-state index contributed by atoms with van der Waals surface area (Å²) < 4.78 is 0. The number of tetrazole rings is 1. The molecule has 1 atom stereocenters. The minimum atomic E-state index is -1.12. The van der Waals surface area contributed by atoms with Crippen LogP contribution in [0.4, 0.5) is 16.2 Å². The Labute approximate surface area is 194 Å². The maximum absolute atomic E-state index is 13.2. The van der Waals surface area contributed by atoms with E-state index in [4.69, 9.17) is 0 Å². The summed E-state index contributed by atoms with van der Waals surface area (Å²) in [6.45, 7) is 0. The molecule has 0 unspecified atom stereocenters. The molecular formula is C24H20N8O2. The second kappa shape index (κ2) is 8.94. The molecule has 1 aliphatic heterocycles. The molecule has 0 saturated carbocycles. The van der Waals surface area contributed by atoms with Gasteiger partial charge in [0.25, 0.3) is 5.91 Å². The molecule has 10 heteroatoms. The molecule has 3 amide bonds. The first-order valence-corrected chi connectivity index (χ1v) is 10.5. The highest BCUT2D eigenvalue weighted by atomic mass is 16.2. The number of hydrogen-bond donors (Lipinski definition) is 3. The molecule has 168 valence electrons. The minimum absolute atomic E-state index is 0.353. The number of amides is 3. The molecule has 4 aromatic rings. The fourth-order valence-electron chi connectivity index (χ4n) is 3.75. The zero-order valence-electron chi connectivity index (χ0n) is 18.1. The zero-order valence-corrected chi connectivity index (χ0v) is 18.1. The maximum atomic E-state index is 13.2. The Bertz CT molecular complexity index is 1370. The van der Waals surface area contributed by atoms with Crippen LogP contribution in [0.3, 0.4) is 0 Å². The Hall–Kier alpha value is -4.86. The van der Waals surface area contributed by atoms with E-state index in [1.165, 1.54) is 4.90 Å². The molecule has 3 N–H and O–H groups in total. The number of urea groups is 1. The van der Waals surface area contributed by atoms with Gasteiger partial charge in [-0.15, -0.1) is 10.2 Å². The summed E-state index contributed by atoms with van der Waals surface area (Å²) >= 11 is 0. The number of aromatic nitrogens is 4. The summed E-state index contributed by atoms with van der Waals surface area (Å²) in [4.78, 5) is 32.3. The Kier molecular flexibility index (Phi) is 5.53. The third kappa shape index (κ3) is 4.11. The summed E-state index contributed by atoms with van der Waals surface area (Å²) in [6, 6.07) is 23.5. The van der Waals surface area contributed by atoms with Crippen molar-refractivity contribution in [3.8, 4) is 11.4 Å². The third-order valence-corrected chi connectivity index (χ3v) is 5.38. The van der Waals surface area contributed by atoms with Gasteiger partial charge in [0, 0.05) is 29.4 Å². The summed E-state index contributed by atoms with van der Waals surface area (Å²) in [5.41, 5.74) is 4.17. The third-order valence-electron chi connectivity index (χ3n) is 5.38. The summed E-state index contributed by atoms with van der Waals surface area (Å²) in [5, 5.41) is 19.3. The van der Waals surface area contributed by atoms with Gasteiger partial charge in [-0.1, -0.05) is 60.7 Å². The van der Waals surface area contributed by atoms with Crippen molar-refractivity contribution in [2.75, 3.05) is 17.3 Å². The van der Waals surface area contributed by atoms with E-state index in [0.29, 0.717) is 28.5 Å². The van der Waals surface area contributed by atoms with Gasteiger partial charge in [-0.3, -0.25) is 4.79 Å². The van der Waals surface area contributed by atoms with Crippen molar-refractivity contribution in [1.29, 1.82) is 0 Å². The van der Waals surface area contributed by atoms with E-state index in [0.717, 1.165) is 11.1 Å². The monoisotopic (exact) mass is 452 g/mol. The quantitative estimate of drug-likeness (QED) is 0.439. The minimum Gasteiger partial charge on any atom is -0.311 e. The van der Waals surface area contributed by atoms with Crippen LogP contribution in [0.1, 0.15) is 11.1 Å². The Morgan fingerprint density at radius 3 is 2.53 bits per heavy atom. The number of H-pyrrole nitrogens is 1. The summed E-state index contributed by atoms with van der Waals surface area (Å²) in [7, 11) is 1.67. The smallest absolute Gasteiger partial charge is 0.311 e. The van der Waals surface area contributed by atoms with Crippen LogP contribution in [0, 0.1) is 0 Å². The number of aliphatic imine (C=N–C) groups is 1. The molecule has 1 aliphatic rings. The van der Waals surface area contributed by atoms with Gasteiger partial charge < -0.3 is 15.5 Å². The van der Waals surface area contributed by atoms with Crippen LogP contribution >= 0.6 is 0 Å². The van der Waals surface area contributed by atoms with Gasteiger partial charge in [0.15, 0.2) is 0 Å². The lowest BCUT2D eigenvalue weighted by Crippen LogP contribution is -2.47. The lowest BCUT2D eigenvalue weighted by molar-refractivity contribution is -0.119. The number of benzodiazepines with no additional fused rings is 1. The molecule has 0 spiro atoms. The van der Waals surface area contributed by atoms with Gasteiger partial charge in [-0.2, -0.15) is 5.21 Å². The number of nitrogens with zero attached hydrogens (tertiary/aromatic N) is 5. The van der Waals surface area contributed by atoms with E-state index < -0.39 is 12.2 Å². The molecule has 5 rings (SSSR count). The number of carbonyl (C=O) groups is 2. The summed E-state index contributed by atoms with van der Waals surface area (Å²) in [5.74, 6) is 0.0496. The molecule has 10 nitrogen and oxygen atoms in total. The van der Waals surface area contributed by atoms with Crippen molar-refractivity contribution in [3.63, 3.8) is 0 Å². The van der Waals surface area contributed by atoms with Crippen LogP contribution in [0.5, 0.6) is 0 Å². The van der Waals surface area contributed by atoms with Crippen LogP contribution in [0.25, 0.3) is 11.4 Å². The van der Waals surface area contributed by atoms with E-state index in [9.17, 15) is 9.59 Å². The molecule has 0 bridgehead atoms. The van der Waals surface area contributed by atoms with Gasteiger partial charge in [0.2, 0.25) is 12.0 Å². The van der Waals surface area contributed by atoms with E-state index in [1.54, 1.807) is 31.3 Å². The molecule has 3 aromatic carbocycles. The molecule has 0 aliphatic carbocycles. The van der Waals surface area contributed by atoms with Gasteiger partial charge in [-0.05, 0) is 23.4 Å². The number of rotatable bonds is 4. The highest BCUT2D eigenvalue weighted by molar-refractivity contribution is 6.20. The number of nitrogens with one attached hydrogen (secondary N) is 3. The summed E-state index contributed by atoms with van der Waals surface area (Å²) in [6.07, 6.45) is -1.12. The second-order valence-electron chi connectivity index (χ2n) is 7.58. The van der Waals surface area contributed by atoms with Crippen LogP contribution in [0.2, 0.25) is 0 Å². The number of anilines is 2. The van der Waals surface area contributed by atoms with Gasteiger partial charge in [0.1, 0.15) is 0 Å². The highest BCUT2D eigenvalue weighted by Crippen LogP contribution is 2.27. The largest absolute Gasteiger partial charge is 0.321 e. The lowest BCUT2D eigenvalue weighted by Gasteiger charge is -2.21. The highest BCUT2D eigenvalue weighted by Gasteiger charge is 2.30. The fraction of sp³-hybridized carbons (Fsp3) is 0.0833. The van der Waals surface area contributed by atoms with Crippen molar-refractivity contribution in [3.05, 3.63) is 90.0 Å². The first-order chi connectivity index (χ1) is 16.6. The molecule has 0 saturated heterocycles. The number of aromatic amines is 1. The van der Waals surface area contributed by atoms with Crippen molar-refractivity contribution in [2.24, 2.45) is 4.99 Å². The van der Waals surface area contributed by atoms with Crippen molar-refractivity contribution >= 4 is 29.0 Å². The average Bonchev–Trinajstić information content (AvgIpc) is 3.39. The molecule has 1 aromatic heterocycles. The van der Waals surface area contributed by atoms with Crippen LogP contribution in [-0.4, -0.2) is 51.5 Å². The predicted molar refractivity (Wildman–Crippen MR) is 127 cm³/mol. The number of fused-ring (bicyclic) bond motifs is 1. The Balaban J connectivity index is 1.43. The lowest BCUT2D eigenvalue weighted by atomic mass is 10.0. The van der Waals surface area contributed by atoms with Gasteiger partial charge in [0.05, 0.1) is 11.4 Å². The topological polar surface area (TPSA) is 128 Å². The molecule has 34 heavy (non-hydrogen) atoms. The normalized spacial score (nSPS) is 15.2. The van der Waals surface area contributed by atoms with E-state index >= 15 is 0 Å². The number of carbonyl (C=O) groups excluding carboxylic acids is 2. The molecule has 0 radical (unpaired) electrons. The van der Waals surface area contributed by atoms with Gasteiger partial charge >= 0.3 is 6.03 Å². The standard InChI is InChI=1S/C24H20N8O2/c1-32-19-13-6-5-12-18(19)20(15-8-3-2-4-9-15)26-22(23(32)33)27-24(34)25-17-11-7-10-16(14-17)21-28-30-31-29-21/h2-14,22H,1H3,(H2,25,27,34)(H,28,29,30,31)/t22-/m0/s1. The molecular weight excluding hydrogens is 432 g/mol. The van der Waals surface area contributed by atoms with Gasteiger partial charge in [-0.25, -0.2) is 9.79 Å². The first-order valence-electron chi connectivity index (χ1n) is 10.5. The van der Waals surface area contributed by atoms with Crippen LogP contribution < -0.4 is 15.5 Å². The SMILES string of the molecule is CN1C(=O)[C@H](NC(=O)Nc2cccc(-c3nn[nH]n3)c2)N=C(c2ccccc2)c2ccccc21. The van der Waals surface area contributed by atoms with Crippen LogP contribution in [0.15, 0.2) is 83.9 Å². The number of likely N-dealkylation sites (N-methyl/N-ethyl adjacent to an activating group) is 1. The average molecular weight is 452 g/mol. The molecule has 2 heterocycles. The predicted octanol–water partition coefficient (Wildman–Crippen LogP) is 2.83. The fourth-order valence-corrected chi connectivity index (χ4v) is 3.75. The first kappa shape index (κ1) is 21.0. The van der Waals surface area contributed by atoms with Crippen molar-refractivity contribution in [1.82, 2.24) is 25.9 Å². The van der Waals surface area contributed by atoms with Crippen molar-refractivity contribution < 1.29 is 9.59 Å².